The van der Waals surface area contributed by atoms with Gasteiger partial charge < -0.3 is 14.2 Å². The van der Waals surface area contributed by atoms with E-state index in [1.165, 1.54) is 17.4 Å². The molecule has 0 aliphatic carbocycles. The van der Waals surface area contributed by atoms with Crippen LogP contribution in [-0.2, 0) is 9.53 Å². The van der Waals surface area contributed by atoms with Crippen LogP contribution in [0.15, 0.2) is 77.4 Å². The number of nitrogens with zero attached hydrogens (tertiary/aromatic N) is 1. The number of hydrogen-bond donors (Lipinski definition) is 0. The van der Waals surface area contributed by atoms with Gasteiger partial charge >= 0.3 is 11.9 Å². The van der Waals surface area contributed by atoms with E-state index in [2.05, 4.69) is 4.99 Å². The average molecular weight is 524 g/mol. The summed E-state index contributed by atoms with van der Waals surface area (Å²) in [6.07, 6.45) is 1.51. The minimum absolute atomic E-state index is 0.0776. The first kappa shape index (κ1) is 23.1. The van der Waals surface area contributed by atoms with Crippen molar-refractivity contribution in [2.24, 2.45) is 4.99 Å². The van der Waals surface area contributed by atoms with Crippen LogP contribution in [0.1, 0.15) is 20.8 Å². The molecule has 1 aromatic heterocycles. The van der Waals surface area contributed by atoms with E-state index in [-0.39, 0.29) is 22.2 Å². The number of methoxy groups -OCH3 is 1. The van der Waals surface area contributed by atoms with Crippen molar-refractivity contribution in [3.05, 3.63) is 98.5 Å². The van der Waals surface area contributed by atoms with Gasteiger partial charge in [-0.05, 0) is 48.5 Å². The van der Waals surface area contributed by atoms with Gasteiger partial charge in [0.15, 0.2) is 5.70 Å². The van der Waals surface area contributed by atoms with Gasteiger partial charge in [0.25, 0.3) is 0 Å². The van der Waals surface area contributed by atoms with Crippen molar-refractivity contribution in [3.8, 4) is 11.5 Å². The third-order valence-corrected chi connectivity index (χ3v) is 7.02. The Kier molecular flexibility index (Phi) is 6.30. The molecule has 2 heterocycles. The SMILES string of the molecule is COc1ccc(C2=N/C(=C/c3ccccc3OC(=O)c3sc4cc(Cl)ccc4c3Cl)C(=O)O2)cc1. The number of ether oxygens (including phenoxy) is 3. The number of benzene rings is 3. The lowest BCUT2D eigenvalue weighted by molar-refractivity contribution is -0.129. The quantitative estimate of drug-likeness (QED) is 0.164. The molecule has 1 aliphatic heterocycles. The highest BCUT2D eigenvalue weighted by atomic mass is 35.5. The Bertz CT molecular complexity index is 1540. The molecule has 0 fully saturated rings. The van der Waals surface area contributed by atoms with Crippen molar-refractivity contribution in [2.75, 3.05) is 7.11 Å². The molecule has 0 unspecified atom stereocenters. The molecule has 0 atom stereocenters. The molecular weight excluding hydrogens is 509 g/mol. The Labute approximate surface area is 214 Å². The maximum Gasteiger partial charge on any atom is 0.363 e. The van der Waals surface area contributed by atoms with E-state index >= 15 is 0 Å². The Morgan fingerprint density at radius 1 is 1.06 bits per heavy atom. The maximum atomic E-state index is 13.0. The van der Waals surface area contributed by atoms with Gasteiger partial charge in [-0.3, -0.25) is 0 Å². The van der Waals surface area contributed by atoms with Gasteiger partial charge in [-0.15, -0.1) is 11.3 Å². The number of aliphatic imine (C=N–C) groups is 1. The number of fused-ring (bicyclic) bond motifs is 1. The Hall–Kier alpha value is -3.65. The summed E-state index contributed by atoms with van der Waals surface area (Å²) in [4.78, 5) is 30.0. The Morgan fingerprint density at radius 2 is 1.83 bits per heavy atom. The van der Waals surface area contributed by atoms with Crippen molar-refractivity contribution >= 4 is 68.5 Å². The summed E-state index contributed by atoms with van der Waals surface area (Å²) in [5.74, 6) is -0.130. The van der Waals surface area contributed by atoms with Crippen molar-refractivity contribution in [2.45, 2.75) is 0 Å². The third kappa shape index (κ3) is 4.66. The Balaban J connectivity index is 1.43. The van der Waals surface area contributed by atoms with Crippen LogP contribution in [0.5, 0.6) is 11.5 Å². The highest BCUT2D eigenvalue weighted by molar-refractivity contribution is 7.21. The van der Waals surface area contributed by atoms with E-state index in [4.69, 9.17) is 37.4 Å². The monoisotopic (exact) mass is 523 g/mol. The number of esters is 2. The molecule has 0 spiro atoms. The predicted molar refractivity (Wildman–Crippen MR) is 137 cm³/mol. The summed E-state index contributed by atoms with van der Waals surface area (Å²) in [6, 6.07) is 19.0. The molecule has 0 N–H and O–H groups in total. The van der Waals surface area contributed by atoms with Gasteiger partial charge in [-0.1, -0.05) is 47.5 Å². The van der Waals surface area contributed by atoms with Crippen LogP contribution in [0.25, 0.3) is 16.2 Å². The second-order valence-corrected chi connectivity index (χ2v) is 9.24. The van der Waals surface area contributed by atoms with Gasteiger partial charge in [-0.25, -0.2) is 14.6 Å². The normalized spacial score (nSPS) is 14.2. The summed E-state index contributed by atoms with van der Waals surface area (Å²) in [7, 11) is 1.57. The lowest BCUT2D eigenvalue weighted by Crippen LogP contribution is -2.08. The summed E-state index contributed by atoms with van der Waals surface area (Å²) >= 11 is 13.7. The molecule has 5 rings (SSSR count). The molecular formula is C26H15Cl2NO5S. The van der Waals surface area contributed by atoms with Gasteiger partial charge in [0.1, 0.15) is 16.4 Å². The zero-order valence-electron chi connectivity index (χ0n) is 18.1. The first-order valence-electron chi connectivity index (χ1n) is 10.3. The fraction of sp³-hybridized carbons (Fsp3) is 0.0385. The van der Waals surface area contributed by atoms with Crippen molar-refractivity contribution in [3.63, 3.8) is 0 Å². The van der Waals surface area contributed by atoms with Crippen LogP contribution in [0.4, 0.5) is 0 Å². The van der Waals surface area contributed by atoms with E-state index in [1.54, 1.807) is 73.8 Å². The second-order valence-electron chi connectivity index (χ2n) is 7.38. The molecule has 0 saturated carbocycles. The van der Waals surface area contributed by atoms with E-state index in [0.717, 1.165) is 10.1 Å². The molecule has 1 aliphatic rings. The number of thiophene rings is 1. The number of rotatable bonds is 5. The Morgan fingerprint density at radius 3 is 2.60 bits per heavy atom. The van der Waals surface area contributed by atoms with Crippen LogP contribution in [-0.4, -0.2) is 24.9 Å². The number of carbonyl (C=O) groups excluding carboxylic acids is 2. The summed E-state index contributed by atoms with van der Waals surface area (Å²) in [5, 5.41) is 1.57. The molecule has 3 aromatic carbocycles. The number of hydrogen-bond acceptors (Lipinski definition) is 7. The maximum absolute atomic E-state index is 13.0. The number of halogens is 2. The molecule has 0 bridgehead atoms. The van der Waals surface area contributed by atoms with Crippen molar-refractivity contribution < 1.29 is 23.8 Å². The molecule has 6 nitrogen and oxygen atoms in total. The number of carbonyl (C=O) groups is 2. The van der Waals surface area contributed by atoms with Gasteiger partial charge in [0.2, 0.25) is 5.90 Å². The average Bonchev–Trinajstić information content (AvgIpc) is 3.39. The van der Waals surface area contributed by atoms with Crippen LogP contribution >= 0.6 is 34.5 Å². The van der Waals surface area contributed by atoms with E-state index in [1.807, 2.05) is 0 Å². The summed E-state index contributed by atoms with van der Waals surface area (Å²) in [6.45, 7) is 0. The first-order valence-corrected chi connectivity index (χ1v) is 11.9. The smallest absolute Gasteiger partial charge is 0.363 e. The molecule has 0 radical (unpaired) electrons. The van der Waals surface area contributed by atoms with Gasteiger partial charge in [-0.2, -0.15) is 0 Å². The largest absolute Gasteiger partial charge is 0.497 e. The van der Waals surface area contributed by atoms with Crippen LogP contribution in [0.2, 0.25) is 10.0 Å². The minimum atomic E-state index is -0.616. The molecule has 4 aromatic rings. The molecule has 0 saturated heterocycles. The predicted octanol–water partition coefficient (Wildman–Crippen LogP) is 6.78. The molecule has 174 valence electrons. The fourth-order valence-corrected chi connectivity index (χ4v) is 5.08. The topological polar surface area (TPSA) is 74.2 Å². The lowest BCUT2D eigenvalue weighted by Gasteiger charge is -2.07. The first-order chi connectivity index (χ1) is 16.9. The number of cyclic esters (lactones) is 1. The molecule has 0 amide bonds. The van der Waals surface area contributed by atoms with Gasteiger partial charge in [0.05, 0.1) is 12.1 Å². The van der Waals surface area contributed by atoms with Crippen LogP contribution in [0.3, 0.4) is 0 Å². The van der Waals surface area contributed by atoms with E-state index in [0.29, 0.717) is 26.9 Å². The van der Waals surface area contributed by atoms with Crippen molar-refractivity contribution in [1.29, 1.82) is 0 Å². The fourth-order valence-electron chi connectivity index (χ4n) is 3.42. The number of para-hydroxylation sites is 1. The standard InChI is InChI=1S/C26H15Cl2NO5S/c1-32-17-9-6-14(7-10-17)24-29-19(25(30)34-24)12-15-4-2-3-5-20(15)33-26(31)23-22(28)18-11-8-16(27)13-21(18)35-23/h2-13H,1H3/b19-12+. The van der Waals surface area contributed by atoms with Crippen LogP contribution < -0.4 is 9.47 Å². The zero-order chi connectivity index (χ0) is 24.5. The molecule has 9 heteroatoms. The summed E-state index contributed by atoms with van der Waals surface area (Å²) in [5.41, 5.74) is 1.18. The summed E-state index contributed by atoms with van der Waals surface area (Å²) < 4.78 is 16.9. The highest BCUT2D eigenvalue weighted by Crippen LogP contribution is 2.37. The van der Waals surface area contributed by atoms with Gasteiger partial charge in [0, 0.05) is 26.2 Å². The van der Waals surface area contributed by atoms with Crippen molar-refractivity contribution in [1.82, 2.24) is 0 Å². The zero-order valence-corrected chi connectivity index (χ0v) is 20.4. The second kappa shape index (κ2) is 9.54. The van der Waals surface area contributed by atoms with E-state index < -0.39 is 11.9 Å². The third-order valence-electron chi connectivity index (χ3n) is 5.15. The lowest BCUT2D eigenvalue weighted by atomic mass is 10.1. The highest BCUT2D eigenvalue weighted by Gasteiger charge is 2.25. The van der Waals surface area contributed by atoms with E-state index in [9.17, 15) is 9.59 Å². The molecule has 35 heavy (non-hydrogen) atoms. The van der Waals surface area contributed by atoms with Crippen LogP contribution in [0, 0.1) is 0 Å². The minimum Gasteiger partial charge on any atom is -0.497 e.